The zero-order valence-electron chi connectivity index (χ0n) is 27.4. The second kappa shape index (κ2) is 14.9. The Kier molecular flexibility index (Phi) is 10.8. The molecule has 0 bridgehead atoms. The molecular formula is C33H42ClF3N6O5S. The van der Waals surface area contributed by atoms with Crippen molar-refractivity contribution in [2.24, 2.45) is 0 Å². The summed E-state index contributed by atoms with van der Waals surface area (Å²) in [5, 5.41) is 16.4. The SMILES string of the molecule is CN1CCN(C2CCN(C(=O)[C@@H](Cc3cc(Cl)c(O)c(C(F)(F)F)c3)OC(=O)N3CCC(N4CCc5cscc5NC4=O)CC3)CC2)CC1. The summed E-state index contributed by atoms with van der Waals surface area (Å²) in [7, 11) is 2.09. The lowest BCUT2D eigenvalue weighted by Crippen LogP contribution is -2.54. The van der Waals surface area contributed by atoms with Crippen LogP contribution in [0.3, 0.4) is 0 Å². The lowest BCUT2D eigenvalue weighted by atomic mass is 9.99. The number of hydrogen-bond acceptors (Lipinski definition) is 8. The van der Waals surface area contributed by atoms with E-state index in [0.29, 0.717) is 38.5 Å². The number of aromatic hydroxyl groups is 1. The molecule has 1 aromatic carbocycles. The molecule has 4 amide bonds. The number of fused-ring (bicyclic) bond motifs is 1. The number of piperidine rings is 2. The first kappa shape index (κ1) is 35.6. The molecule has 2 N–H and O–H groups in total. The van der Waals surface area contributed by atoms with Gasteiger partial charge in [-0.1, -0.05) is 11.6 Å². The van der Waals surface area contributed by atoms with Crippen LogP contribution in [0.1, 0.15) is 42.4 Å². The highest BCUT2D eigenvalue weighted by Gasteiger charge is 2.39. The second-order valence-corrected chi connectivity index (χ2v) is 14.5. The Morgan fingerprint density at radius 1 is 0.980 bits per heavy atom. The third kappa shape index (κ3) is 8.21. The Morgan fingerprint density at radius 3 is 2.31 bits per heavy atom. The van der Waals surface area contributed by atoms with Crippen LogP contribution in [0.4, 0.5) is 28.4 Å². The minimum atomic E-state index is -4.88. The molecule has 6 rings (SSSR count). The number of benzene rings is 1. The van der Waals surface area contributed by atoms with Gasteiger partial charge in [0.1, 0.15) is 5.75 Å². The number of amides is 4. The minimum absolute atomic E-state index is 0.00729. The lowest BCUT2D eigenvalue weighted by molar-refractivity contribution is -0.142. The van der Waals surface area contributed by atoms with E-state index in [-0.39, 0.29) is 37.1 Å². The Labute approximate surface area is 292 Å². The van der Waals surface area contributed by atoms with Crippen molar-refractivity contribution in [2.75, 3.05) is 71.3 Å². The number of carbonyl (C=O) groups excluding carboxylic acids is 3. The number of phenolic OH excluding ortho intramolecular Hbond substituents is 1. The number of phenols is 1. The van der Waals surface area contributed by atoms with Crippen molar-refractivity contribution >= 4 is 46.7 Å². The average Bonchev–Trinajstić information content (AvgIpc) is 3.45. The van der Waals surface area contributed by atoms with Gasteiger partial charge in [-0.25, -0.2) is 9.59 Å². The number of thiophene rings is 1. The molecule has 11 nitrogen and oxygen atoms in total. The maximum Gasteiger partial charge on any atom is 0.420 e. The average molecular weight is 727 g/mol. The van der Waals surface area contributed by atoms with Gasteiger partial charge >= 0.3 is 18.3 Å². The quantitative estimate of drug-likeness (QED) is 0.433. The van der Waals surface area contributed by atoms with Crippen molar-refractivity contribution < 1.29 is 37.4 Å². The van der Waals surface area contributed by atoms with E-state index < -0.39 is 40.6 Å². The number of urea groups is 1. The van der Waals surface area contributed by atoms with Crippen molar-refractivity contribution in [1.82, 2.24) is 24.5 Å². The summed E-state index contributed by atoms with van der Waals surface area (Å²) in [4.78, 5) is 50.0. The zero-order valence-corrected chi connectivity index (χ0v) is 29.0. The first-order valence-electron chi connectivity index (χ1n) is 16.8. The lowest BCUT2D eigenvalue weighted by Gasteiger charge is -2.42. The van der Waals surface area contributed by atoms with Crippen LogP contribution in [-0.2, 0) is 28.5 Å². The second-order valence-electron chi connectivity index (χ2n) is 13.3. The number of likely N-dealkylation sites (N-methyl/N-ethyl adjacent to an activating group) is 1. The van der Waals surface area contributed by atoms with Gasteiger partial charge in [-0.2, -0.15) is 13.2 Å². The predicted molar refractivity (Wildman–Crippen MR) is 179 cm³/mol. The van der Waals surface area contributed by atoms with E-state index in [0.717, 1.165) is 68.8 Å². The number of hydrogen-bond donors (Lipinski definition) is 2. The van der Waals surface area contributed by atoms with Gasteiger partial charge in [0.2, 0.25) is 0 Å². The molecule has 0 aliphatic carbocycles. The fraction of sp³-hybridized carbons (Fsp3) is 0.606. The molecule has 4 aliphatic heterocycles. The molecule has 268 valence electrons. The number of alkyl halides is 3. The minimum Gasteiger partial charge on any atom is -0.506 e. The van der Waals surface area contributed by atoms with Gasteiger partial charge in [-0.3, -0.25) is 9.69 Å². The molecule has 3 saturated heterocycles. The van der Waals surface area contributed by atoms with Crippen LogP contribution < -0.4 is 5.32 Å². The Bertz CT molecular complexity index is 1520. The molecule has 1 atom stereocenters. The monoisotopic (exact) mass is 726 g/mol. The van der Waals surface area contributed by atoms with Crippen LogP contribution in [0.5, 0.6) is 5.75 Å². The number of halogens is 4. The molecule has 4 aliphatic rings. The van der Waals surface area contributed by atoms with Crippen molar-refractivity contribution in [1.29, 1.82) is 0 Å². The van der Waals surface area contributed by atoms with Gasteiger partial charge in [-0.05, 0) is 67.8 Å². The van der Waals surface area contributed by atoms with Gasteiger partial charge in [0.15, 0.2) is 6.10 Å². The highest BCUT2D eigenvalue weighted by Crippen LogP contribution is 2.40. The van der Waals surface area contributed by atoms with Crippen LogP contribution in [0.25, 0.3) is 0 Å². The van der Waals surface area contributed by atoms with Gasteiger partial charge in [0.25, 0.3) is 5.91 Å². The Morgan fingerprint density at radius 2 is 1.63 bits per heavy atom. The van der Waals surface area contributed by atoms with Crippen LogP contribution in [0, 0.1) is 0 Å². The maximum atomic E-state index is 13.9. The summed E-state index contributed by atoms with van der Waals surface area (Å²) in [6.45, 7) is 5.86. The Hall–Kier alpha value is -3.27. The van der Waals surface area contributed by atoms with E-state index in [4.69, 9.17) is 16.3 Å². The van der Waals surface area contributed by atoms with Crippen LogP contribution >= 0.6 is 22.9 Å². The van der Waals surface area contributed by atoms with Crippen LogP contribution in [0.15, 0.2) is 22.9 Å². The molecule has 1 aromatic heterocycles. The number of nitrogens with one attached hydrogen (secondary N) is 1. The third-order valence-electron chi connectivity index (χ3n) is 10.2. The molecule has 0 spiro atoms. The molecule has 0 unspecified atom stereocenters. The number of likely N-dealkylation sites (tertiary alicyclic amines) is 2. The fourth-order valence-corrected chi connectivity index (χ4v) is 8.35. The number of nitrogens with zero attached hydrogens (tertiary/aromatic N) is 5. The van der Waals surface area contributed by atoms with Crippen molar-refractivity contribution in [3.63, 3.8) is 0 Å². The zero-order chi connectivity index (χ0) is 34.9. The summed E-state index contributed by atoms with van der Waals surface area (Å²) >= 11 is 7.52. The summed E-state index contributed by atoms with van der Waals surface area (Å²) in [5.74, 6) is -1.58. The fourth-order valence-electron chi connectivity index (χ4n) is 7.29. The highest BCUT2D eigenvalue weighted by molar-refractivity contribution is 7.08. The van der Waals surface area contributed by atoms with Crippen LogP contribution in [0.2, 0.25) is 5.02 Å². The molecule has 5 heterocycles. The molecule has 16 heteroatoms. The van der Waals surface area contributed by atoms with Crippen molar-refractivity contribution in [2.45, 2.75) is 62.9 Å². The normalized spacial score (nSPS) is 21.2. The molecule has 3 fully saturated rings. The molecule has 0 saturated carbocycles. The van der Waals surface area contributed by atoms with E-state index in [1.165, 1.54) is 4.90 Å². The number of rotatable bonds is 6. The Balaban J connectivity index is 1.12. The maximum absolute atomic E-state index is 13.9. The number of anilines is 1. The van der Waals surface area contributed by atoms with Crippen LogP contribution in [-0.4, -0.2) is 132 Å². The van der Waals surface area contributed by atoms with Crippen molar-refractivity contribution in [3.8, 4) is 5.75 Å². The van der Waals surface area contributed by atoms with Gasteiger partial charge in [0.05, 0.1) is 16.3 Å². The highest BCUT2D eigenvalue weighted by atomic mass is 35.5. The largest absolute Gasteiger partial charge is 0.506 e. The van der Waals surface area contributed by atoms with Crippen molar-refractivity contribution in [3.05, 3.63) is 44.6 Å². The third-order valence-corrected chi connectivity index (χ3v) is 11.3. The predicted octanol–water partition coefficient (Wildman–Crippen LogP) is 4.97. The van der Waals surface area contributed by atoms with E-state index in [1.807, 2.05) is 10.8 Å². The molecule has 0 radical (unpaired) electrons. The van der Waals surface area contributed by atoms with E-state index >= 15 is 0 Å². The molecule has 49 heavy (non-hydrogen) atoms. The van der Waals surface area contributed by atoms with Gasteiger partial charge in [-0.15, -0.1) is 11.3 Å². The van der Waals surface area contributed by atoms with E-state index in [1.54, 1.807) is 21.1 Å². The first-order chi connectivity index (χ1) is 23.4. The van der Waals surface area contributed by atoms with Gasteiger partial charge in [0, 0.05) is 82.8 Å². The number of piperazine rings is 1. The summed E-state index contributed by atoms with van der Waals surface area (Å²) in [6.07, 6.45) is -4.14. The van der Waals surface area contributed by atoms with E-state index in [2.05, 4.69) is 22.2 Å². The molecular weight excluding hydrogens is 685 g/mol. The first-order valence-corrected chi connectivity index (χ1v) is 18.1. The molecule has 2 aromatic rings. The standard InChI is InChI=1S/C33H42ClF3N6O5S/c1-39-12-14-40(15-13-39)23-3-7-41(8-4-23)30(45)28(18-21-16-25(33(35,36)37)29(44)26(34)17-21)48-32(47)42-9-5-24(6-10-42)43-11-2-22-19-49-20-27(22)38-31(43)46/h16-17,19-20,23-24,28,44H,2-15,18H2,1H3,(H,38,46)/t28-/m1/s1. The number of ether oxygens (including phenoxy) is 1. The van der Waals surface area contributed by atoms with Gasteiger partial charge < -0.3 is 34.8 Å². The van der Waals surface area contributed by atoms with E-state index in [9.17, 15) is 32.7 Å². The number of carbonyl (C=O) groups is 3. The summed E-state index contributed by atoms with van der Waals surface area (Å²) in [5.41, 5.74) is 0.608. The summed E-state index contributed by atoms with van der Waals surface area (Å²) < 4.78 is 46.9. The smallest absolute Gasteiger partial charge is 0.420 e. The summed E-state index contributed by atoms with van der Waals surface area (Å²) in [6, 6.07) is 1.97. The topological polar surface area (TPSA) is 109 Å².